The first-order chi connectivity index (χ1) is 10.4. The molecular weight excluding hydrogens is 294 g/mol. The number of pyridine rings is 1. The number of rotatable bonds is 5. The molecule has 118 valence electrons. The van der Waals surface area contributed by atoms with Crippen LogP contribution in [0.4, 0.5) is 5.69 Å². The molecule has 1 aliphatic rings. The quantitative estimate of drug-likeness (QED) is 0.613. The van der Waals surface area contributed by atoms with Crippen molar-refractivity contribution in [2.45, 2.75) is 31.8 Å². The van der Waals surface area contributed by atoms with Gasteiger partial charge in [0.15, 0.2) is 0 Å². The van der Waals surface area contributed by atoms with E-state index in [4.69, 9.17) is 5.11 Å². The van der Waals surface area contributed by atoms with Crippen molar-refractivity contribution in [2.75, 3.05) is 6.54 Å². The molecule has 0 aromatic carbocycles. The van der Waals surface area contributed by atoms with Gasteiger partial charge in [0, 0.05) is 31.6 Å². The molecule has 1 atom stereocenters. The Kier molecular flexibility index (Phi) is 4.54. The number of nitro groups is 1. The molecule has 1 aromatic heterocycles. The molecule has 0 bridgehead atoms. The van der Waals surface area contributed by atoms with Crippen molar-refractivity contribution < 1.29 is 19.6 Å². The lowest BCUT2D eigenvalue weighted by atomic mass is 10.2. The number of hydrogen-bond donors (Lipinski definition) is 1. The van der Waals surface area contributed by atoms with Crippen molar-refractivity contribution >= 4 is 17.6 Å². The topological polar surface area (TPSA) is 123 Å². The van der Waals surface area contributed by atoms with Crippen LogP contribution in [0.15, 0.2) is 23.1 Å². The standard InChI is InChI=1S/C13H15N3O6/c17-11-4-3-9(16(21)22)8-14(11)7-5-12(18)15-6-1-2-10(15)13(19)20/h3-4,8,10H,1-2,5-7H2,(H,19,20). The molecule has 0 radical (unpaired) electrons. The van der Waals surface area contributed by atoms with E-state index in [-0.39, 0.29) is 24.6 Å². The van der Waals surface area contributed by atoms with Gasteiger partial charge >= 0.3 is 5.97 Å². The lowest BCUT2D eigenvalue weighted by Crippen LogP contribution is -2.41. The maximum atomic E-state index is 12.1. The van der Waals surface area contributed by atoms with E-state index in [1.165, 1.54) is 4.90 Å². The van der Waals surface area contributed by atoms with Crippen LogP contribution in [0.2, 0.25) is 0 Å². The number of hydrogen-bond acceptors (Lipinski definition) is 5. The summed E-state index contributed by atoms with van der Waals surface area (Å²) < 4.78 is 1.09. The Labute approximate surface area is 124 Å². The third kappa shape index (κ3) is 3.30. The minimum Gasteiger partial charge on any atom is -0.480 e. The SMILES string of the molecule is O=C(O)C1CCCN1C(=O)CCn1cc([N+](=O)[O-])ccc1=O. The van der Waals surface area contributed by atoms with Crippen molar-refractivity contribution in [2.24, 2.45) is 0 Å². The van der Waals surface area contributed by atoms with Crippen LogP contribution in [0.1, 0.15) is 19.3 Å². The van der Waals surface area contributed by atoms with E-state index in [0.29, 0.717) is 19.4 Å². The first-order valence-electron chi connectivity index (χ1n) is 6.77. The van der Waals surface area contributed by atoms with Crippen LogP contribution in [0.5, 0.6) is 0 Å². The van der Waals surface area contributed by atoms with Gasteiger partial charge in [-0.05, 0) is 12.8 Å². The molecule has 2 rings (SSSR count). The largest absolute Gasteiger partial charge is 0.480 e. The Morgan fingerprint density at radius 3 is 2.77 bits per heavy atom. The summed E-state index contributed by atoms with van der Waals surface area (Å²) in [4.78, 5) is 46.1. The van der Waals surface area contributed by atoms with Crippen molar-refractivity contribution in [3.05, 3.63) is 38.8 Å². The number of carbonyl (C=O) groups excluding carboxylic acids is 1. The molecule has 1 unspecified atom stereocenters. The van der Waals surface area contributed by atoms with Crippen LogP contribution >= 0.6 is 0 Å². The number of carboxylic acid groups (broad SMARTS) is 1. The van der Waals surface area contributed by atoms with Gasteiger partial charge in [-0.25, -0.2) is 4.79 Å². The summed E-state index contributed by atoms with van der Waals surface area (Å²) in [6.07, 6.45) is 2.04. The van der Waals surface area contributed by atoms with Crippen LogP contribution in [0.3, 0.4) is 0 Å². The van der Waals surface area contributed by atoms with Crippen LogP contribution in [0, 0.1) is 10.1 Å². The van der Waals surface area contributed by atoms with Gasteiger partial charge in [0.1, 0.15) is 6.04 Å². The Bertz CT molecular complexity index is 668. The number of aromatic nitrogens is 1. The molecule has 1 N–H and O–H groups in total. The average Bonchev–Trinajstić information content (AvgIpc) is 2.95. The first-order valence-corrected chi connectivity index (χ1v) is 6.77. The maximum Gasteiger partial charge on any atom is 0.326 e. The second-order valence-electron chi connectivity index (χ2n) is 5.01. The summed E-state index contributed by atoms with van der Waals surface area (Å²) >= 11 is 0. The smallest absolute Gasteiger partial charge is 0.326 e. The Morgan fingerprint density at radius 1 is 1.41 bits per heavy atom. The first kappa shape index (κ1) is 15.7. The van der Waals surface area contributed by atoms with Crippen molar-refractivity contribution in [1.29, 1.82) is 0 Å². The zero-order chi connectivity index (χ0) is 16.3. The molecule has 22 heavy (non-hydrogen) atoms. The van der Waals surface area contributed by atoms with Gasteiger partial charge in [0.25, 0.3) is 11.2 Å². The molecule has 2 heterocycles. The second kappa shape index (κ2) is 6.37. The summed E-state index contributed by atoms with van der Waals surface area (Å²) in [6, 6.07) is 1.34. The summed E-state index contributed by atoms with van der Waals surface area (Å²) in [7, 11) is 0. The van der Waals surface area contributed by atoms with E-state index in [0.717, 1.165) is 22.9 Å². The molecule has 1 fully saturated rings. The summed E-state index contributed by atoms with van der Waals surface area (Å²) in [5.74, 6) is -1.42. The number of amides is 1. The molecule has 1 aromatic rings. The third-order valence-electron chi connectivity index (χ3n) is 3.60. The van der Waals surface area contributed by atoms with Gasteiger partial charge in [-0.1, -0.05) is 0 Å². The Morgan fingerprint density at radius 2 is 2.14 bits per heavy atom. The minimum atomic E-state index is -1.04. The van der Waals surface area contributed by atoms with E-state index in [1.54, 1.807) is 0 Å². The molecule has 0 aliphatic carbocycles. The molecule has 1 aliphatic heterocycles. The van der Waals surface area contributed by atoms with Gasteiger partial charge in [0.05, 0.1) is 11.1 Å². The molecular formula is C13H15N3O6. The highest BCUT2D eigenvalue weighted by Gasteiger charge is 2.33. The number of aliphatic carboxylic acids is 1. The Hall–Kier alpha value is -2.71. The fourth-order valence-electron chi connectivity index (χ4n) is 2.48. The van der Waals surface area contributed by atoms with Gasteiger partial charge in [0.2, 0.25) is 5.91 Å². The molecule has 9 heteroatoms. The van der Waals surface area contributed by atoms with Crippen molar-refractivity contribution in [3.8, 4) is 0 Å². The van der Waals surface area contributed by atoms with E-state index in [2.05, 4.69) is 0 Å². The van der Waals surface area contributed by atoms with Gasteiger partial charge in [-0.3, -0.25) is 19.7 Å². The maximum absolute atomic E-state index is 12.1. The van der Waals surface area contributed by atoms with Crippen LogP contribution in [-0.2, 0) is 16.1 Å². The highest BCUT2D eigenvalue weighted by Crippen LogP contribution is 2.18. The number of likely N-dealkylation sites (tertiary alicyclic amines) is 1. The number of carbonyl (C=O) groups is 2. The van der Waals surface area contributed by atoms with E-state index in [1.807, 2.05) is 0 Å². The van der Waals surface area contributed by atoms with Crippen LogP contribution in [-0.4, -0.2) is 44.0 Å². The van der Waals surface area contributed by atoms with Crippen LogP contribution in [0.25, 0.3) is 0 Å². The second-order valence-corrected chi connectivity index (χ2v) is 5.01. The fraction of sp³-hybridized carbons (Fsp3) is 0.462. The van der Waals surface area contributed by atoms with Gasteiger partial charge < -0.3 is 14.6 Å². The third-order valence-corrected chi connectivity index (χ3v) is 3.60. The van der Waals surface area contributed by atoms with E-state index in [9.17, 15) is 24.5 Å². The number of aryl methyl sites for hydroxylation is 1. The summed E-state index contributed by atoms with van der Waals surface area (Å²) in [5, 5.41) is 19.7. The lowest BCUT2D eigenvalue weighted by Gasteiger charge is -2.21. The van der Waals surface area contributed by atoms with E-state index >= 15 is 0 Å². The van der Waals surface area contributed by atoms with E-state index < -0.39 is 22.5 Å². The lowest BCUT2D eigenvalue weighted by molar-refractivity contribution is -0.385. The minimum absolute atomic E-state index is 0.0256. The molecule has 9 nitrogen and oxygen atoms in total. The van der Waals surface area contributed by atoms with Crippen LogP contribution < -0.4 is 5.56 Å². The zero-order valence-electron chi connectivity index (χ0n) is 11.7. The monoisotopic (exact) mass is 309 g/mol. The highest BCUT2D eigenvalue weighted by atomic mass is 16.6. The highest BCUT2D eigenvalue weighted by molar-refractivity contribution is 5.84. The summed E-state index contributed by atoms with van der Waals surface area (Å²) in [5.41, 5.74) is -0.689. The summed E-state index contributed by atoms with van der Waals surface area (Å²) in [6.45, 7) is 0.349. The average molecular weight is 309 g/mol. The Balaban J connectivity index is 2.05. The predicted octanol–water partition coefficient (Wildman–Crippen LogP) is 0.222. The number of nitrogens with zero attached hydrogens (tertiary/aromatic N) is 3. The molecule has 1 amide bonds. The van der Waals surface area contributed by atoms with Gasteiger partial charge in [-0.15, -0.1) is 0 Å². The zero-order valence-corrected chi connectivity index (χ0v) is 11.7. The fourth-order valence-corrected chi connectivity index (χ4v) is 2.48. The molecule has 0 saturated carbocycles. The number of carboxylic acids is 1. The predicted molar refractivity (Wildman–Crippen MR) is 74.3 cm³/mol. The molecule has 1 saturated heterocycles. The molecule has 0 spiro atoms. The normalized spacial score (nSPS) is 17.5. The van der Waals surface area contributed by atoms with Crippen molar-refractivity contribution in [1.82, 2.24) is 9.47 Å². The van der Waals surface area contributed by atoms with Crippen molar-refractivity contribution in [3.63, 3.8) is 0 Å². The van der Waals surface area contributed by atoms with Gasteiger partial charge in [-0.2, -0.15) is 0 Å².